The Morgan fingerprint density at radius 3 is 2.82 bits per heavy atom. The molecule has 34 heavy (non-hydrogen) atoms. The van der Waals surface area contributed by atoms with Gasteiger partial charge in [0.2, 0.25) is 5.91 Å². The minimum absolute atomic E-state index is 0.0266. The summed E-state index contributed by atoms with van der Waals surface area (Å²) in [5.74, 6) is 0.667. The van der Waals surface area contributed by atoms with Gasteiger partial charge in [-0.1, -0.05) is 32.1 Å². The maximum Gasteiger partial charge on any atom is 0.326 e. The average molecular weight is 477 g/mol. The highest BCUT2D eigenvalue weighted by Crippen LogP contribution is 2.39. The van der Waals surface area contributed by atoms with Gasteiger partial charge in [-0.05, 0) is 13.3 Å². The first-order valence-electron chi connectivity index (χ1n) is 11.1. The van der Waals surface area contributed by atoms with Gasteiger partial charge in [0, 0.05) is 12.8 Å². The number of carboxylic acid groups (broad SMARTS) is 1. The zero-order chi connectivity index (χ0) is 25.0. The normalized spacial score (nSPS) is 23.0. The SMILES string of the molecule is C#C[C@]1(CN(C(=O)CCCCCC)C(C)C(=O)O)O[C@@H](n2cnc3c(N)nc(F)nc32)C[C@@H]1O. The summed E-state index contributed by atoms with van der Waals surface area (Å²) in [6.07, 6.45) is 7.39. The first-order chi connectivity index (χ1) is 16.1. The van der Waals surface area contributed by atoms with Crippen molar-refractivity contribution in [3.05, 3.63) is 12.4 Å². The van der Waals surface area contributed by atoms with Crippen LogP contribution in [-0.2, 0) is 14.3 Å². The third-order valence-electron chi connectivity index (χ3n) is 6.08. The van der Waals surface area contributed by atoms with Gasteiger partial charge in [-0.15, -0.1) is 6.42 Å². The smallest absolute Gasteiger partial charge is 0.326 e. The number of amides is 1. The number of aliphatic carboxylic acids is 1. The Morgan fingerprint density at radius 1 is 1.44 bits per heavy atom. The Morgan fingerprint density at radius 2 is 2.18 bits per heavy atom. The molecule has 184 valence electrons. The van der Waals surface area contributed by atoms with E-state index in [9.17, 15) is 24.2 Å². The van der Waals surface area contributed by atoms with Crippen molar-refractivity contribution in [3.63, 3.8) is 0 Å². The second-order valence-electron chi connectivity index (χ2n) is 8.41. The molecular formula is C22H29FN6O5. The lowest BCUT2D eigenvalue weighted by atomic mass is 9.95. The lowest BCUT2D eigenvalue weighted by Crippen LogP contribution is -2.54. The van der Waals surface area contributed by atoms with Crippen molar-refractivity contribution in [2.75, 3.05) is 12.3 Å². The molecule has 0 aromatic carbocycles. The molecule has 0 radical (unpaired) electrons. The molecule has 1 unspecified atom stereocenters. The van der Waals surface area contributed by atoms with Crippen molar-refractivity contribution in [2.45, 2.75) is 76.3 Å². The Labute approximate surface area is 196 Å². The predicted octanol–water partition coefficient (Wildman–Crippen LogP) is 1.47. The highest BCUT2D eigenvalue weighted by Gasteiger charge is 2.50. The molecule has 3 heterocycles. The molecular weight excluding hydrogens is 447 g/mol. The van der Waals surface area contributed by atoms with E-state index in [1.807, 2.05) is 6.92 Å². The number of hydrogen-bond acceptors (Lipinski definition) is 8. The summed E-state index contributed by atoms with van der Waals surface area (Å²) >= 11 is 0. The van der Waals surface area contributed by atoms with Gasteiger partial charge >= 0.3 is 12.0 Å². The fourth-order valence-electron chi connectivity index (χ4n) is 4.04. The van der Waals surface area contributed by atoms with Crippen molar-refractivity contribution >= 4 is 28.9 Å². The number of nitrogens with two attached hydrogens (primary N) is 1. The van der Waals surface area contributed by atoms with Crippen LogP contribution < -0.4 is 5.73 Å². The van der Waals surface area contributed by atoms with Gasteiger partial charge in [0.05, 0.1) is 12.9 Å². The third-order valence-corrected chi connectivity index (χ3v) is 6.08. The van der Waals surface area contributed by atoms with Crippen LogP contribution in [0.15, 0.2) is 6.33 Å². The van der Waals surface area contributed by atoms with Crippen molar-refractivity contribution in [1.29, 1.82) is 0 Å². The number of carboxylic acids is 1. The monoisotopic (exact) mass is 476 g/mol. The standard InChI is InChI=1S/C22H29FN6O5/c1-4-6-7-8-9-15(31)28(13(3)20(32)33)11-22(5-2)14(30)10-16(34-22)29-12-25-17-18(24)26-21(23)27-19(17)29/h2,12-14,16,30H,4,6-11H2,1,3H3,(H,32,33)(H2,24,26,27)/t13?,14-,16+,22+/m0/s1. The minimum Gasteiger partial charge on any atom is -0.480 e. The maximum absolute atomic E-state index is 13.7. The predicted molar refractivity (Wildman–Crippen MR) is 120 cm³/mol. The summed E-state index contributed by atoms with van der Waals surface area (Å²) in [4.78, 5) is 37.0. The zero-order valence-electron chi connectivity index (χ0n) is 19.1. The molecule has 2 aromatic heterocycles. The molecule has 0 saturated carbocycles. The lowest BCUT2D eigenvalue weighted by Gasteiger charge is -2.35. The number of ether oxygens (including phenoxy) is 1. The van der Waals surface area contributed by atoms with Crippen LogP contribution in [0.3, 0.4) is 0 Å². The topological polar surface area (TPSA) is 157 Å². The largest absolute Gasteiger partial charge is 0.480 e. The number of unbranched alkanes of at least 4 members (excludes halogenated alkanes) is 3. The summed E-state index contributed by atoms with van der Waals surface area (Å²) in [6, 6.07) is -1.19. The van der Waals surface area contributed by atoms with Crippen LogP contribution in [0.2, 0.25) is 0 Å². The summed E-state index contributed by atoms with van der Waals surface area (Å²) < 4.78 is 21.1. The molecule has 11 nitrogen and oxygen atoms in total. The Balaban J connectivity index is 1.87. The molecule has 1 amide bonds. The molecule has 1 aliphatic heterocycles. The number of terminal acetylenes is 1. The third kappa shape index (κ3) is 4.95. The van der Waals surface area contributed by atoms with Gasteiger partial charge < -0.3 is 25.6 Å². The molecule has 1 saturated heterocycles. The number of fused-ring (bicyclic) bond motifs is 1. The molecule has 12 heteroatoms. The zero-order valence-corrected chi connectivity index (χ0v) is 19.1. The van der Waals surface area contributed by atoms with Gasteiger partial charge in [-0.3, -0.25) is 9.36 Å². The van der Waals surface area contributed by atoms with E-state index in [0.29, 0.717) is 6.42 Å². The van der Waals surface area contributed by atoms with Gasteiger partial charge in [0.1, 0.15) is 18.4 Å². The lowest BCUT2D eigenvalue weighted by molar-refractivity contribution is -0.154. The number of carbonyl (C=O) groups excluding carboxylic acids is 1. The van der Waals surface area contributed by atoms with Crippen LogP contribution >= 0.6 is 0 Å². The van der Waals surface area contributed by atoms with Crippen LogP contribution in [0.5, 0.6) is 0 Å². The molecule has 2 aromatic rings. The number of imidazole rings is 1. The molecule has 0 spiro atoms. The highest BCUT2D eigenvalue weighted by atomic mass is 19.1. The van der Waals surface area contributed by atoms with E-state index in [4.69, 9.17) is 16.9 Å². The van der Waals surface area contributed by atoms with Crippen LogP contribution in [0, 0.1) is 18.4 Å². The van der Waals surface area contributed by atoms with E-state index in [1.54, 1.807) is 0 Å². The average Bonchev–Trinajstić information content (AvgIpc) is 3.35. The number of halogens is 1. The van der Waals surface area contributed by atoms with Crippen molar-refractivity contribution in [1.82, 2.24) is 24.4 Å². The summed E-state index contributed by atoms with van der Waals surface area (Å²) in [6.45, 7) is 3.09. The van der Waals surface area contributed by atoms with Crippen molar-refractivity contribution in [2.24, 2.45) is 0 Å². The highest BCUT2D eigenvalue weighted by molar-refractivity contribution is 5.83. The summed E-state index contributed by atoms with van der Waals surface area (Å²) in [5, 5.41) is 20.4. The first-order valence-corrected chi connectivity index (χ1v) is 11.1. The Kier molecular flexibility index (Phi) is 7.68. The maximum atomic E-state index is 13.7. The quantitative estimate of drug-likeness (QED) is 0.262. The van der Waals surface area contributed by atoms with E-state index in [0.717, 1.165) is 24.2 Å². The molecule has 1 fully saturated rings. The van der Waals surface area contributed by atoms with Gasteiger partial charge in [0.25, 0.3) is 0 Å². The first kappa shape index (κ1) is 25.3. The molecule has 0 bridgehead atoms. The van der Waals surface area contributed by atoms with E-state index in [2.05, 4.69) is 20.9 Å². The second kappa shape index (κ2) is 10.3. The summed E-state index contributed by atoms with van der Waals surface area (Å²) in [5.41, 5.74) is 4.22. The van der Waals surface area contributed by atoms with E-state index in [-0.39, 0.29) is 36.4 Å². The molecule has 4 N–H and O–H groups in total. The number of nitrogen functional groups attached to an aromatic ring is 1. The molecule has 1 aliphatic rings. The molecule has 3 rings (SSSR count). The fourth-order valence-corrected chi connectivity index (χ4v) is 4.04. The van der Waals surface area contributed by atoms with Crippen molar-refractivity contribution in [3.8, 4) is 12.3 Å². The molecule has 4 atom stereocenters. The second-order valence-corrected chi connectivity index (χ2v) is 8.41. The number of aromatic nitrogens is 4. The van der Waals surface area contributed by atoms with Crippen molar-refractivity contribution < 1.29 is 28.9 Å². The van der Waals surface area contributed by atoms with Crippen LogP contribution in [-0.4, -0.2) is 70.8 Å². The number of hydrogen-bond donors (Lipinski definition) is 3. The van der Waals surface area contributed by atoms with Crippen LogP contribution in [0.1, 0.15) is 58.6 Å². The van der Waals surface area contributed by atoms with Gasteiger partial charge in [0.15, 0.2) is 22.6 Å². The van der Waals surface area contributed by atoms with E-state index >= 15 is 0 Å². The number of aliphatic hydroxyl groups excluding tert-OH is 1. The number of aliphatic hydroxyl groups is 1. The number of rotatable bonds is 10. The number of nitrogens with zero attached hydrogens (tertiary/aromatic N) is 5. The van der Waals surface area contributed by atoms with Gasteiger partial charge in [-0.25, -0.2) is 9.78 Å². The summed E-state index contributed by atoms with van der Waals surface area (Å²) in [7, 11) is 0. The number of anilines is 1. The fraction of sp³-hybridized carbons (Fsp3) is 0.591. The van der Waals surface area contributed by atoms with Gasteiger partial charge in [-0.2, -0.15) is 14.4 Å². The van der Waals surface area contributed by atoms with E-state index < -0.39 is 41.9 Å². The van der Waals surface area contributed by atoms with Crippen LogP contribution in [0.25, 0.3) is 11.2 Å². The van der Waals surface area contributed by atoms with Crippen LogP contribution in [0.4, 0.5) is 10.2 Å². The Hall–Kier alpha value is -3.30. The Bertz CT molecular complexity index is 1100. The number of carbonyl (C=O) groups is 2. The molecule has 0 aliphatic carbocycles. The van der Waals surface area contributed by atoms with E-state index in [1.165, 1.54) is 17.8 Å². The minimum atomic E-state index is -1.69.